The predicted molar refractivity (Wildman–Crippen MR) is 54.9 cm³/mol. The standard InChI is InChI=1S/C11H12F3NO2/c12-8-5-10(14)9(13)3-6(8)1-2-7(15)4-11(16)17/h3,5,7H,1-2,4,15H2,(H,16,17). The Labute approximate surface area is 96.0 Å². The van der Waals surface area contributed by atoms with E-state index in [0.29, 0.717) is 6.07 Å². The maximum Gasteiger partial charge on any atom is 0.304 e. The molecule has 0 saturated carbocycles. The van der Waals surface area contributed by atoms with Crippen LogP contribution in [0.4, 0.5) is 13.2 Å². The molecular formula is C11H12F3NO2. The van der Waals surface area contributed by atoms with Gasteiger partial charge in [0, 0.05) is 12.1 Å². The minimum atomic E-state index is -1.25. The van der Waals surface area contributed by atoms with Gasteiger partial charge in [-0.15, -0.1) is 0 Å². The van der Waals surface area contributed by atoms with Crippen LogP contribution in [-0.4, -0.2) is 17.1 Å². The lowest BCUT2D eigenvalue weighted by Gasteiger charge is -2.09. The molecule has 1 atom stereocenters. The molecule has 0 saturated heterocycles. The molecule has 0 aliphatic heterocycles. The third kappa shape index (κ3) is 4.07. The number of aliphatic carboxylic acids is 1. The Hall–Kier alpha value is -1.56. The number of carboxylic acids is 1. The first-order valence-corrected chi connectivity index (χ1v) is 5.01. The van der Waals surface area contributed by atoms with E-state index in [2.05, 4.69) is 0 Å². The second-order valence-corrected chi connectivity index (χ2v) is 3.75. The molecule has 1 aromatic rings. The largest absolute Gasteiger partial charge is 0.481 e. The normalized spacial score (nSPS) is 12.5. The minimum absolute atomic E-state index is 0.00950. The first-order chi connectivity index (χ1) is 7.90. The average molecular weight is 247 g/mol. The molecule has 3 nitrogen and oxygen atoms in total. The summed E-state index contributed by atoms with van der Waals surface area (Å²) >= 11 is 0. The Balaban J connectivity index is 2.63. The highest BCUT2D eigenvalue weighted by Gasteiger charge is 2.12. The van der Waals surface area contributed by atoms with Crippen molar-refractivity contribution in [1.29, 1.82) is 0 Å². The van der Waals surface area contributed by atoms with E-state index in [4.69, 9.17) is 10.8 Å². The molecule has 0 aliphatic rings. The number of hydrogen-bond donors (Lipinski definition) is 2. The lowest BCUT2D eigenvalue weighted by atomic mass is 10.0. The average Bonchev–Trinajstić information content (AvgIpc) is 2.20. The van der Waals surface area contributed by atoms with Gasteiger partial charge >= 0.3 is 5.97 Å². The van der Waals surface area contributed by atoms with Crippen LogP contribution in [-0.2, 0) is 11.2 Å². The van der Waals surface area contributed by atoms with Gasteiger partial charge in [0.1, 0.15) is 5.82 Å². The summed E-state index contributed by atoms with van der Waals surface area (Å²) in [4.78, 5) is 10.3. The Morgan fingerprint density at radius 2 is 1.82 bits per heavy atom. The van der Waals surface area contributed by atoms with Gasteiger partial charge in [-0.05, 0) is 24.5 Å². The smallest absolute Gasteiger partial charge is 0.304 e. The summed E-state index contributed by atoms with van der Waals surface area (Å²) in [5, 5.41) is 8.45. The molecule has 0 aliphatic carbocycles. The van der Waals surface area contributed by atoms with Crippen molar-refractivity contribution in [3.8, 4) is 0 Å². The molecular weight excluding hydrogens is 235 g/mol. The van der Waals surface area contributed by atoms with Crippen molar-refractivity contribution in [2.75, 3.05) is 0 Å². The maximum absolute atomic E-state index is 13.2. The van der Waals surface area contributed by atoms with Crippen LogP contribution in [0.1, 0.15) is 18.4 Å². The zero-order chi connectivity index (χ0) is 13.0. The zero-order valence-corrected chi connectivity index (χ0v) is 8.92. The molecule has 0 heterocycles. The molecule has 0 bridgehead atoms. The number of carbonyl (C=O) groups is 1. The van der Waals surface area contributed by atoms with Gasteiger partial charge < -0.3 is 10.8 Å². The molecule has 94 valence electrons. The van der Waals surface area contributed by atoms with Crippen molar-refractivity contribution in [3.63, 3.8) is 0 Å². The summed E-state index contributed by atoms with van der Waals surface area (Å²) in [6.45, 7) is 0. The van der Waals surface area contributed by atoms with Crippen LogP contribution in [0.2, 0.25) is 0 Å². The molecule has 1 unspecified atom stereocenters. The van der Waals surface area contributed by atoms with Gasteiger partial charge in [-0.25, -0.2) is 13.2 Å². The maximum atomic E-state index is 13.2. The number of aryl methyl sites for hydroxylation is 1. The summed E-state index contributed by atoms with van der Waals surface area (Å²) < 4.78 is 38.6. The van der Waals surface area contributed by atoms with Gasteiger partial charge in [-0.3, -0.25) is 4.79 Å². The summed E-state index contributed by atoms with van der Waals surface area (Å²) in [5.74, 6) is -4.29. The van der Waals surface area contributed by atoms with E-state index in [1.54, 1.807) is 0 Å². The van der Waals surface area contributed by atoms with E-state index >= 15 is 0 Å². The summed E-state index contributed by atoms with van der Waals surface area (Å²) in [7, 11) is 0. The molecule has 1 aromatic carbocycles. The van der Waals surface area contributed by atoms with E-state index < -0.39 is 29.5 Å². The third-order valence-corrected chi connectivity index (χ3v) is 2.31. The number of rotatable bonds is 5. The molecule has 3 N–H and O–H groups in total. The van der Waals surface area contributed by atoms with Crippen molar-refractivity contribution in [1.82, 2.24) is 0 Å². The van der Waals surface area contributed by atoms with Crippen LogP contribution in [0.25, 0.3) is 0 Å². The fourth-order valence-corrected chi connectivity index (χ4v) is 1.42. The summed E-state index contributed by atoms with van der Waals surface area (Å²) in [6.07, 6.45) is 0.0110. The van der Waals surface area contributed by atoms with E-state index in [-0.39, 0.29) is 24.8 Å². The second-order valence-electron chi connectivity index (χ2n) is 3.75. The highest BCUT2D eigenvalue weighted by Crippen LogP contribution is 2.16. The van der Waals surface area contributed by atoms with Gasteiger partial charge in [0.05, 0.1) is 6.42 Å². The van der Waals surface area contributed by atoms with Crippen molar-refractivity contribution in [3.05, 3.63) is 35.1 Å². The van der Waals surface area contributed by atoms with Gasteiger partial charge in [0.2, 0.25) is 0 Å². The minimum Gasteiger partial charge on any atom is -0.481 e. The van der Waals surface area contributed by atoms with Crippen LogP contribution >= 0.6 is 0 Å². The number of hydrogen-bond acceptors (Lipinski definition) is 2. The van der Waals surface area contributed by atoms with Crippen molar-refractivity contribution < 1.29 is 23.1 Å². The van der Waals surface area contributed by atoms with Crippen molar-refractivity contribution in [2.24, 2.45) is 5.73 Å². The monoisotopic (exact) mass is 247 g/mol. The van der Waals surface area contributed by atoms with E-state index in [1.165, 1.54) is 0 Å². The van der Waals surface area contributed by atoms with Crippen molar-refractivity contribution >= 4 is 5.97 Å². The molecule has 17 heavy (non-hydrogen) atoms. The van der Waals surface area contributed by atoms with Crippen LogP contribution in [0.3, 0.4) is 0 Å². The topological polar surface area (TPSA) is 63.3 Å². The molecule has 1 rings (SSSR count). The number of benzene rings is 1. The molecule has 0 fully saturated rings. The number of halogens is 3. The molecule has 0 aromatic heterocycles. The highest BCUT2D eigenvalue weighted by atomic mass is 19.2. The Kier molecular flexibility index (Phi) is 4.51. The first-order valence-electron chi connectivity index (χ1n) is 5.01. The molecule has 0 amide bonds. The number of nitrogens with two attached hydrogens (primary N) is 1. The first kappa shape index (κ1) is 13.5. The van der Waals surface area contributed by atoms with Gasteiger partial charge in [0.15, 0.2) is 11.6 Å². The molecule has 0 radical (unpaired) electrons. The quantitative estimate of drug-likeness (QED) is 0.780. The highest BCUT2D eigenvalue weighted by molar-refractivity contribution is 5.67. The Morgan fingerprint density at radius 3 is 2.41 bits per heavy atom. The third-order valence-electron chi connectivity index (χ3n) is 2.31. The zero-order valence-electron chi connectivity index (χ0n) is 8.92. The lowest BCUT2D eigenvalue weighted by Crippen LogP contribution is -2.24. The Bertz CT molecular complexity index is 423. The Morgan fingerprint density at radius 1 is 1.24 bits per heavy atom. The van der Waals surface area contributed by atoms with Crippen LogP contribution < -0.4 is 5.73 Å². The second kappa shape index (κ2) is 5.67. The van der Waals surface area contributed by atoms with Gasteiger partial charge in [0.25, 0.3) is 0 Å². The fraction of sp³-hybridized carbons (Fsp3) is 0.364. The molecule has 0 spiro atoms. The lowest BCUT2D eigenvalue weighted by molar-refractivity contribution is -0.137. The van der Waals surface area contributed by atoms with Crippen LogP contribution in [0.15, 0.2) is 12.1 Å². The van der Waals surface area contributed by atoms with Gasteiger partial charge in [-0.2, -0.15) is 0 Å². The van der Waals surface area contributed by atoms with Gasteiger partial charge in [-0.1, -0.05) is 0 Å². The predicted octanol–water partition coefficient (Wildman–Crippen LogP) is 1.84. The van der Waals surface area contributed by atoms with Crippen LogP contribution in [0.5, 0.6) is 0 Å². The van der Waals surface area contributed by atoms with E-state index in [1.807, 2.05) is 0 Å². The SMILES string of the molecule is NC(CCc1cc(F)c(F)cc1F)CC(=O)O. The molecule has 6 heteroatoms. The fourth-order valence-electron chi connectivity index (χ4n) is 1.42. The van der Waals surface area contributed by atoms with Crippen LogP contribution in [0, 0.1) is 17.5 Å². The summed E-state index contributed by atoms with van der Waals surface area (Å²) in [6, 6.07) is 0.589. The van der Waals surface area contributed by atoms with Crippen molar-refractivity contribution in [2.45, 2.75) is 25.3 Å². The van der Waals surface area contributed by atoms with E-state index in [9.17, 15) is 18.0 Å². The van der Waals surface area contributed by atoms with E-state index in [0.717, 1.165) is 6.07 Å². The number of carboxylic acid groups (broad SMARTS) is 1. The summed E-state index contributed by atoms with van der Waals surface area (Å²) in [5.41, 5.74) is 5.46.